The van der Waals surface area contributed by atoms with Gasteiger partial charge in [0.2, 0.25) is 11.8 Å². The van der Waals surface area contributed by atoms with E-state index in [4.69, 9.17) is 5.11 Å². The maximum Gasteiger partial charge on any atom is 0.250 e. The van der Waals surface area contributed by atoms with Crippen molar-refractivity contribution in [1.82, 2.24) is 4.90 Å². The van der Waals surface area contributed by atoms with Crippen molar-refractivity contribution in [3.05, 3.63) is 55.6 Å². The van der Waals surface area contributed by atoms with Crippen molar-refractivity contribution in [2.24, 2.45) is 0 Å². The lowest BCUT2D eigenvalue weighted by atomic mass is 10.3. The normalized spacial score (nSPS) is 10.5. The highest BCUT2D eigenvalue weighted by molar-refractivity contribution is 6.00. The molecule has 114 valence electrons. The first kappa shape index (κ1) is 18.6. The van der Waals surface area contributed by atoms with Gasteiger partial charge in [-0.2, -0.15) is 0 Å². The van der Waals surface area contributed by atoms with E-state index in [1.54, 1.807) is 11.9 Å². The second-order valence-electron chi connectivity index (χ2n) is 4.22. The lowest BCUT2D eigenvalue weighted by Gasteiger charge is -2.17. The highest BCUT2D eigenvalue weighted by atomic mass is 16.3. The Morgan fingerprint density at radius 1 is 1.10 bits per heavy atom. The standard InChI is InChI=1S/C10H11NO.C6H11NO2/c1-3-10(12)11(2)9-7-5-4-6-8-9;1-4-6(9)7(3)5(2)8/h3-8H,1H2,2H3;4-5,8H,1H2,2-3H3. The van der Waals surface area contributed by atoms with Gasteiger partial charge >= 0.3 is 0 Å². The van der Waals surface area contributed by atoms with Gasteiger partial charge < -0.3 is 14.9 Å². The molecule has 1 N–H and O–H groups in total. The van der Waals surface area contributed by atoms with Crippen molar-refractivity contribution in [3.8, 4) is 0 Å². The average Bonchev–Trinajstić information content (AvgIpc) is 2.53. The maximum atomic E-state index is 11.1. The molecule has 1 rings (SSSR count). The summed E-state index contributed by atoms with van der Waals surface area (Å²) in [5.74, 6) is -0.369. The zero-order valence-electron chi connectivity index (χ0n) is 12.7. The van der Waals surface area contributed by atoms with Crippen molar-refractivity contribution < 1.29 is 14.7 Å². The number of para-hydroxylation sites is 1. The van der Waals surface area contributed by atoms with E-state index in [9.17, 15) is 9.59 Å². The fraction of sp³-hybridized carbons (Fsp3) is 0.250. The molecule has 2 amide bonds. The summed E-state index contributed by atoms with van der Waals surface area (Å²) < 4.78 is 0. The number of hydrogen-bond acceptors (Lipinski definition) is 3. The summed E-state index contributed by atoms with van der Waals surface area (Å²) in [6.45, 7) is 8.19. The zero-order chi connectivity index (χ0) is 16.4. The molecule has 0 aliphatic rings. The van der Waals surface area contributed by atoms with E-state index < -0.39 is 6.23 Å². The number of carbonyl (C=O) groups is 2. The summed E-state index contributed by atoms with van der Waals surface area (Å²) in [5.41, 5.74) is 0.877. The Bertz CT molecular complexity index is 484. The molecule has 1 aromatic rings. The maximum absolute atomic E-state index is 11.1. The van der Waals surface area contributed by atoms with Gasteiger partial charge in [-0.05, 0) is 31.2 Å². The van der Waals surface area contributed by atoms with Crippen LogP contribution in [0.5, 0.6) is 0 Å². The SMILES string of the molecule is C=CC(=O)N(C)C(C)O.C=CC(=O)N(C)c1ccccc1. The Hall–Kier alpha value is -2.40. The van der Waals surface area contributed by atoms with Gasteiger partial charge in [-0.3, -0.25) is 9.59 Å². The average molecular weight is 290 g/mol. The lowest BCUT2D eigenvalue weighted by molar-refractivity contribution is -0.132. The van der Waals surface area contributed by atoms with Gasteiger partial charge in [-0.15, -0.1) is 0 Å². The molecule has 0 radical (unpaired) electrons. The van der Waals surface area contributed by atoms with Gasteiger partial charge in [0, 0.05) is 19.8 Å². The third-order valence-electron chi connectivity index (χ3n) is 2.73. The number of nitrogens with zero attached hydrogens (tertiary/aromatic N) is 2. The van der Waals surface area contributed by atoms with Crippen LogP contribution in [0.3, 0.4) is 0 Å². The number of amides is 2. The molecule has 0 bridgehead atoms. The highest BCUT2D eigenvalue weighted by Crippen LogP contribution is 2.10. The summed E-state index contributed by atoms with van der Waals surface area (Å²) in [4.78, 5) is 24.5. The zero-order valence-corrected chi connectivity index (χ0v) is 12.7. The molecular formula is C16H22N2O3. The molecule has 5 heteroatoms. The minimum atomic E-state index is -0.740. The molecule has 1 atom stereocenters. The van der Waals surface area contributed by atoms with E-state index in [0.717, 1.165) is 11.8 Å². The van der Waals surface area contributed by atoms with Gasteiger partial charge in [0.25, 0.3) is 0 Å². The molecule has 0 saturated carbocycles. The van der Waals surface area contributed by atoms with Gasteiger partial charge in [0.1, 0.15) is 6.23 Å². The lowest BCUT2D eigenvalue weighted by Crippen LogP contribution is -2.33. The second kappa shape index (κ2) is 9.50. The molecule has 1 unspecified atom stereocenters. The Labute approximate surface area is 125 Å². The van der Waals surface area contributed by atoms with Crippen LogP contribution in [0.2, 0.25) is 0 Å². The van der Waals surface area contributed by atoms with Crippen LogP contribution in [0, 0.1) is 0 Å². The quantitative estimate of drug-likeness (QED) is 0.679. The smallest absolute Gasteiger partial charge is 0.250 e. The Morgan fingerprint density at radius 3 is 1.90 bits per heavy atom. The summed E-state index contributed by atoms with van der Waals surface area (Å²) in [5, 5.41) is 8.78. The van der Waals surface area contributed by atoms with Crippen LogP contribution in [0.4, 0.5) is 5.69 Å². The van der Waals surface area contributed by atoms with E-state index in [2.05, 4.69) is 13.2 Å². The van der Waals surface area contributed by atoms with Crippen molar-refractivity contribution >= 4 is 17.5 Å². The summed E-state index contributed by atoms with van der Waals surface area (Å²) in [6.07, 6.45) is 1.72. The fourth-order valence-corrected chi connectivity index (χ4v) is 1.24. The monoisotopic (exact) mass is 290 g/mol. The topological polar surface area (TPSA) is 60.9 Å². The third-order valence-corrected chi connectivity index (χ3v) is 2.73. The molecule has 1 aromatic carbocycles. The van der Waals surface area contributed by atoms with E-state index in [-0.39, 0.29) is 11.8 Å². The van der Waals surface area contributed by atoms with Crippen LogP contribution < -0.4 is 4.90 Å². The van der Waals surface area contributed by atoms with Crippen LogP contribution in [0.1, 0.15) is 6.92 Å². The fourth-order valence-electron chi connectivity index (χ4n) is 1.24. The first-order chi connectivity index (χ1) is 9.84. The molecule has 21 heavy (non-hydrogen) atoms. The molecule has 5 nitrogen and oxygen atoms in total. The highest BCUT2D eigenvalue weighted by Gasteiger charge is 2.07. The number of anilines is 1. The second-order valence-corrected chi connectivity index (χ2v) is 4.22. The minimum absolute atomic E-state index is 0.0961. The van der Waals surface area contributed by atoms with Gasteiger partial charge in [0.15, 0.2) is 0 Å². The molecule has 0 aromatic heterocycles. The Morgan fingerprint density at radius 2 is 1.57 bits per heavy atom. The molecule has 0 spiro atoms. The molecule has 0 aliphatic heterocycles. The van der Waals surface area contributed by atoms with Crippen LogP contribution >= 0.6 is 0 Å². The predicted molar refractivity (Wildman–Crippen MR) is 84.7 cm³/mol. The molecular weight excluding hydrogens is 268 g/mol. The van der Waals surface area contributed by atoms with Crippen LogP contribution in [-0.2, 0) is 9.59 Å². The minimum Gasteiger partial charge on any atom is -0.374 e. The number of aliphatic hydroxyl groups excluding tert-OH is 1. The molecule has 0 saturated heterocycles. The van der Waals surface area contributed by atoms with Crippen molar-refractivity contribution in [2.75, 3.05) is 19.0 Å². The van der Waals surface area contributed by atoms with E-state index in [1.165, 1.54) is 24.9 Å². The van der Waals surface area contributed by atoms with Crippen LogP contribution in [0.25, 0.3) is 0 Å². The van der Waals surface area contributed by atoms with E-state index >= 15 is 0 Å². The summed E-state index contributed by atoms with van der Waals surface area (Å²) >= 11 is 0. The molecule has 0 heterocycles. The number of hydrogen-bond donors (Lipinski definition) is 1. The number of aliphatic hydroxyl groups is 1. The van der Waals surface area contributed by atoms with Crippen molar-refractivity contribution in [3.63, 3.8) is 0 Å². The molecule has 0 aliphatic carbocycles. The predicted octanol–water partition coefficient (Wildman–Crippen LogP) is 1.80. The number of benzene rings is 1. The molecule has 0 fully saturated rings. The third kappa shape index (κ3) is 6.54. The van der Waals surface area contributed by atoms with Crippen LogP contribution in [0.15, 0.2) is 55.6 Å². The first-order valence-electron chi connectivity index (χ1n) is 6.37. The van der Waals surface area contributed by atoms with Crippen molar-refractivity contribution in [1.29, 1.82) is 0 Å². The van der Waals surface area contributed by atoms with Gasteiger partial charge in [0.05, 0.1) is 0 Å². The Kier molecular flexibility index (Phi) is 8.41. The largest absolute Gasteiger partial charge is 0.374 e. The first-order valence-corrected chi connectivity index (χ1v) is 6.37. The number of carbonyl (C=O) groups excluding carboxylic acids is 2. The van der Waals surface area contributed by atoms with Crippen molar-refractivity contribution in [2.45, 2.75) is 13.2 Å². The Balaban J connectivity index is 0.000000400. The van der Waals surface area contributed by atoms with Gasteiger partial charge in [-0.1, -0.05) is 31.4 Å². The summed E-state index contributed by atoms with van der Waals surface area (Å²) in [7, 11) is 3.23. The number of rotatable bonds is 4. The van der Waals surface area contributed by atoms with E-state index in [0.29, 0.717) is 0 Å². The summed E-state index contributed by atoms with van der Waals surface area (Å²) in [6, 6.07) is 9.45. The van der Waals surface area contributed by atoms with E-state index in [1.807, 2.05) is 30.3 Å². The number of likely N-dealkylation sites (N-methyl/N-ethyl adjacent to an activating group) is 2. The van der Waals surface area contributed by atoms with Gasteiger partial charge in [-0.25, -0.2) is 0 Å². The van der Waals surface area contributed by atoms with Crippen LogP contribution in [-0.4, -0.2) is 42.1 Å².